The van der Waals surface area contributed by atoms with Crippen molar-refractivity contribution in [2.45, 2.75) is 12.5 Å². The molecule has 0 saturated heterocycles. The van der Waals surface area contributed by atoms with Crippen molar-refractivity contribution < 1.29 is 9.18 Å². The second-order valence-corrected chi connectivity index (χ2v) is 4.42. The lowest BCUT2D eigenvalue weighted by molar-refractivity contribution is 0.0972. The predicted octanol–water partition coefficient (Wildman–Crippen LogP) is 3.57. The molecule has 0 spiro atoms. The molecule has 3 rings (SSSR count). The molecular weight excluding hydrogens is 229 g/mol. The molecule has 3 heteroatoms. The van der Waals surface area contributed by atoms with Gasteiger partial charge in [0.15, 0.2) is 5.78 Å². The molecule has 0 fully saturated rings. The second kappa shape index (κ2) is 4.26. The summed E-state index contributed by atoms with van der Waals surface area (Å²) >= 11 is 0. The van der Waals surface area contributed by atoms with E-state index >= 15 is 0 Å². The summed E-state index contributed by atoms with van der Waals surface area (Å²) in [4.78, 5) is 12.0. The molecule has 1 aliphatic rings. The van der Waals surface area contributed by atoms with Gasteiger partial charge in [0.25, 0.3) is 0 Å². The van der Waals surface area contributed by atoms with Gasteiger partial charge in [-0.05, 0) is 29.8 Å². The Morgan fingerprint density at radius 2 is 1.94 bits per heavy atom. The minimum atomic E-state index is -0.277. The zero-order valence-electron chi connectivity index (χ0n) is 9.69. The third kappa shape index (κ3) is 1.88. The van der Waals surface area contributed by atoms with Gasteiger partial charge >= 0.3 is 0 Å². The minimum absolute atomic E-state index is 0.0959. The van der Waals surface area contributed by atoms with Crippen LogP contribution >= 0.6 is 0 Å². The first-order chi connectivity index (χ1) is 8.74. The third-order valence-corrected chi connectivity index (χ3v) is 3.20. The number of benzene rings is 2. The standard InChI is InChI=1S/C15H12FNO/c16-11-5-3-4-10(8-11)14-9-15(18)12-6-1-2-7-13(12)17-14/h1-8,14,17H,9H2/t14-/m0/s1. The zero-order chi connectivity index (χ0) is 12.5. The van der Waals surface area contributed by atoms with Crippen LogP contribution in [0.4, 0.5) is 10.1 Å². The third-order valence-electron chi connectivity index (χ3n) is 3.20. The van der Waals surface area contributed by atoms with E-state index in [1.807, 2.05) is 30.3 Å². The van der Waals surface area contributed by atoms with E-state index in [1.54, 1.807) is 6.07 Å². The molecule has 2 aromatic rings. The fourth-order valence-electron chi connectivity index (χ4n) is 2.31. The van der Waals surface area contributed by atoms with Crippen LogP contribution in [0.25, 0.3) is 0 Å². The summed E-state index contributed by atoms with van der Waals surface area (Å²) in [7, 11) is 0. The summed E-state index contributed by atoms with van der Waals surface area (Å²) in [6.45, 7) is 0. The van der Waals surface area contributed by atoms with Crippen molar-refractivity contribution in [3.05, 3.63) is 65.5 Å². The minimum Gasteiger partial charge on any atom is -0.377 e. The van der Waals surface area contributed by atoms with E-state index in [2.05, 4.69) is 5.32 Å². The number of carbonyl (C=O) groups is 1. The van der Waals surface area contributed by atoms with Crippen LogP contribution in [-0.2, 0) is 0 Å². The highest BCUT2D eigenvalue weighted by atomic mass is 19.1. The van der Waals surface area contributed by atoms with Gasteiger partial charge in [-0.25, -0.2) is 4.39 Å². The SMILES string of the molecule is O=C1C[C@@H](c2cccc(F)c2)Nc2ccccc21. The van der Waals surface area contributed by atoms with Gasteiger partial charge in [-0.3, -0.25) is 4.79 Å². The van der Waals surface area contributed by atoms with Gasteiger partial charge in [0.1, 0.15) is 5.82 Å². The number of hydrogen-bond donors (Lipinski definition) is 1. The molecule has 0 amide bonds. The van der Waals surface area contributed by atoms with Crippen LogP contribution in [0.2, 0.25) is 0 Å². The van der Waals surface area contributed by atoms with Crippen molar-refractivity contribution in [2.75, 3.05) is 5.32 Å². The van der Waals surface area contributed by atoms with E-state index in [9.17, 15) is 9.18 Å². The van der Waals surface area contributed by atoms with E-state index in [0.717, 1.165) is 11.3 Å². The summed E-state index contributed by atoms with van der Waals surface area (Å²) in [5, 5.41) is 3.28. The molecule has 0 unspecified atom stereocenters. The Hall–Kier alpha value is -2.16. The first-order valence-corrected chi connectivity index (χ1v) is 5.88. The smallest absolute Gasteiger partial charge is 0.167 e. The molecule has 0 saturated carbocycles. The lowest BCUT2D eigenvalue weighted by Gasteiger charge is -2.26. The fourth-order valence-corrected chi connectivity index (χ4v) is 2.31. The Morgan fingerprint density at radius 1 is 1.11 bits per heavy atom. The van der Waals surface area contributed by atoms with E-state index in [0.29, 0.717) is 12.0 Å². The zero-order valence-corrected chi connectivity index (χ0v) is 9.69. The van der Waals surface area contributed by atoms with Gasteiger partial charge < -0.3 is 5.32 Å². The van der Waals surface area contributed by atoms with Crippen molar-refractivity contribution >= 4 is 11.5 Å². The maximum absolute atomic E-state index is 13.2. The second-order valence-electron chi connectivity index (χ2n) is 4.42. The van der Waals surface area contributed by atoms with Crippen molar-refractivity contribution in [2.24, 2.45) is 0 Å². The molecule has 1 N–H and O–H groups in total. The maximum atomic E-state index is 13.2. The van der Waals surface area contributed by atoms with Gasteiger partial charge in [-0.2, -0.15) is 0 Å². The summed E-state index contributed by atoms with van der Waals surface area (Å²) in [6.07, 6.45) is 0.362. The molecule has 0 aromatic heterocycles. The first-order valence-electron chi connectivity index (χ1n) is 5.88. The van der Waals surface area contributed by atoms with Gasteiger partial charge in [-0.15, -0.1) is 0 Å². The molecular formula is C15H12FNO. The monoisotopic (exact) mass is 241 g/mol. The van der Waals surface area contributed by atoms with Gasteiger partial charge in [0, 0.05) is 17.7 Å². The quantitative estimate of drug-likeness (QED) is 0.827. The molecule has 0 aliphatic carbocycles. The number of rotatable bonds is 1. The topological polar surface area (TPSA) is 29.1 Å². The van der Waals surface area contributed by atoms with Crippen molar-refractivity contribution in [3.63, 3.8) is 0 Å². The van der Waals surface area contributed by atoms with E-state index < -0.39 is 0 Å². The van der Waals surface area contributed by atoms with E-state index in [4.69, 9.17) is 0 Å². The Labute approximate surface area is 104 Å². The van der Waals surface area contributed by atoms with Crippen LogP contribution < -0.4 is 5.32 Å². The molecule has 1 heterocycles. The van der Waals surface area contributed by atoms with E-state index in [-0.39, 0.29) is 17.6 Å². The molecule has 90 valence electrons. The number of carbonyl (C=O) groups excluding carboxylic acids is 1. The number of para-hydroxylation sites is 1. The Balaban J connectivity index is 1.97. The number of ketones is 1. The average molecular weight is 241 g/mol. The number of hydrogen-bond acceptors (Lipinski definition) is 2. The Bertz CT molecular complexity index is 609. The summed E-state index contributed by atoms with van der Waals surface area (Å²) < 4.78 is 13.2. The maximum Gasteiger partial charge on any atom is 0.167 e. The molecule has 18 heavy (non-hydrogen) atoms. The Morgan fingerprint density at radius 3 is 2.78 bits per heavy atom. The summed E-state index contributed by atoms with van der Waals surface area (Å²) in [5.41, 5.74) is 2.34. The number of fused-ring (bicyclic) bond motifs is 1. The highest BCUT2D eigenvalue weighted by Gasteiger charge is 2.25. The van der Waals surface area contributed by atoms with Crippen LogP contribution in [0.5, 0.6) is 0 Å². The van der Waals surface area contributed by atoms with Gasteiger partial charge in [0.2, 0.25) is 0 Å². The first kappa shape index (κ1) is 11.0. The number of anilines is 1. The van der Waals surface area contributed by atoms with Crippen LogP contribution in [0.15, 0.2) is 48.5 Å². The summed E-state index contributed by atoms with van der Waals surface area (Å²) in [5.74, 6) is -0.181. The van der Waals surface area contributed by atoms with Crippen LogP contribution in [0.1, 0.15) is 28.4 Å². The normalized spacial score (nSPS) is 18.1. The molecule has 1 aliphatic heterocycles. The van der Waals surface area contributed by atoms with E-state index in [1.165, 1.54) is 12.1 Å². The largest absolute Gasteiger partial charge is 0.377 e. The fraction of sp³-hybridized carbons (Fsp3) is 0.133. The highest BCUT2D eigenvalue weighted by Crippen LogP contribution is 2.32. The molecule has 0 radical (unpaired) electrons. The highest BCUT2D eigenvalue weighted by molar-refractivity contribution is 6.03. The lowest BCUT2D eigenvalue weighted by Crippen LogP contribution is -2.22. The van der Waals surface area contributed by atoms with Crippen molar-refractivity contribution in [3.8, 4) is 0 Å². The Kier molecular flexibility index (Phi) is 2.59. The molecule has 1 atom stereocenters. The van der Waals surface area contributed by atoms with Crippen LogP contribution in [0.3, 0.4) is 0 Å². The van der Waals surface area contributed by atoms with Gasteiger partial charge in [-0.1, -0.05) is 24.3 Å². The molecule has 2 aromatic carbocycles. The average Bonchev–Trinajstić information content (AvgIpc) is 2.39. The number of Topliss-reactive ketones (excluding diaryl/α,β-unsaturated/α-hetero) is 1. The number of halogens is 1. The van der Waals surface area contributed by atoms with Crippen LogP contribution in [-0.4, -0.2) is 5.78 Å². The van der Waals surface area contributed by atoms with Gasteiger partial charge in [0.05, 0.1) is 6.04 Å². The molecule has 0 bridgehead atoms. The summed E-state index contributed by atoms with van der Waals surface area (Å²) in [6, 6.07) is 13.6. The predicted molar refractivity (Wildman–Crippen MR) is 68.2 cm³/mol. The van der Waals surface area contributed by atoms with Crippen molar-refractivity contribution in [1.29, 1.82) is 0 Å². The number of nitrogens with one attached hydrogen (secondary N) is 1. The lowest BCUT2D eigenvalue weighted by atomic mass is 9.92. The van der Waals surface area contributed by atoms with Crippen LogP contribution in [0, 0.1) is 5.82 Å². The van der Waals surface area contributed by atoms with Crippen molar-refractivity contribution in [1.82, 2.24) is 0 Å². The molecule has 2 nitrogen and oxygen atoms in total.